The normalized spacial score (nSPS) is 28.3. The summed E-state index contributed by atoms with van der Waals surface area (Å²) in [5.74, 6) is 0. The Labute approximate surface area is 62.5 Å². The molecule has 0 aromatic heterocycles. The van der Waals surface area contributed by atoms with Gasteiger partial charge in [0, 0.05) is 12.6 Å². The summed E-state index contributed by atoms with van der Waals surface area (Å²) in [6, 6.07) is 0.561. The first-order chi connectivity index (χ1) is 4.84. The van der Waals surface area contributed by atoms with Crippen molar-refractivity contribution in [2.75, 3.05) is 26.8 Å². The van der Waals surface area contributed by atoms with E-state index in [-0.39, 0.29) is 0 Å². The van der Waals surface area contributed by atoms with Crippen LogP contribution in [0.2, 0.25) is 0 Å². The second-order valence-electron chi connectivity index (χ2n) is 2.73. The summed E-state index contributed by atoms with van der Waals surface area (Å²) in [4.78, 5) is 2.32. The van der Waals surface area contributed by atoms with Crippen LogP contribution in [0.4, 0.5) is 0 Å². The molecule has 0 N–H and O–H groups in total. The molecule has 0 saturated carbocycles. The summed E-state index contributed by atoms with van der Waals surface area (Å²) >= 11 is 0. The van der Waals surface area contributed by atoms with Gasteiger partial charge in [0.25, 0.3) is 0 Å². The monoisotopic (exact) mass is 141 g/mol. The van der Waals surface area contributed by atoms with Crippen LogP contribution in [-0.2, 0) is 4.74 Å². The summed E-state index contributed by atoms with van der Waals surface area (Å²) < 4.78 is 5.32. The molecule has 1 aliphatic rings. The first-order valence-corrected chi connectivity index (χ1v) is 3.73. The van der Waals surface area contributed by atoms with Crippen molar-refractivity contribution in [1.82, 2.24) is 4.90 Å². The largest absolute Gasteiger partial charge is 0.378 e. The Morgan fingerprint density at radius 2 is 2.60 bits per heavy atom. The van der Waals surface area contributed by atoms with E-state index >= 15 is 0 Å². The molecule has 2 heteroatoms. The summed E-state index contributed by atoms with van der Waals surface area (Å²) in [6.45, 7) is 6.50. The van der Waals surface area contributed by atoms with Crippen molar-refractivity contribution in [3.8, 4) is 0 Å². The number of rotatable bonds is 2. The predicted octanol–water partition coefficient (Wildman–Crippen LogP) is 0.893. The second-order valence-corrected chi connectivity index (χ2v) is 2.73. The molecule has 1 saturated heterocycles. The lowest BCUT2D eigenvalue weighted by atomic mass is 10.2. The summed E-state index contributed by atoms with van der Waals surface area (Å²) in [5, 5.41) is 0. The van der Waals surface area contributed by atoms with Gasteiger partial charge in [-0.05, 0) is 13.5 Å². The van der Waals surface area contributed by atoms with Gasteiger partial charge in [0.1, 0.15) is 0 Å². The number of morpholine rings is 1. The van der Waals surface area contributed by atoms with Crippen molar-refractivity contribution >= 4 is 0 Å². The smallest absolute Gasteiger partial charge is 0.0625 e. The highest BCUT2D eigenvalue weighted by atomic mass is 16.5. The first kappa shape index (κ1) is 7.76. The predicted molar refractivity (Wildman–Crippen MR) is 42.1 cm³/mol. The molecule has 0 aliphatic carbocycles. The molecule has 0 aromatic carbocycles. The van der Waals surface area contributed by atoms with E-state index in [2.05, 4.69) is 18.5 Å². The highest BCUT2D eigenvalue weighted by molar-refractivity contribution is 4.80. The maximum atomic E-state index is 5.32. The van der Waals surface area contributed by atoms with Gasteiger partial charge in [-0.3, -0.25) is 4.90 Å². The fourth-order valence-electron chi connectivity index (χ4n) is 1.18. The molecule has 1 fully saturated rings. The van der Waals surface area contributed by atoms with Crippen LogP contribution in [0.5, 0.6) is 0 Å². The Morgan fingerprint density at radius 3 is 3.20 bits per heavy atom. The number of likely N-dealkylation sites (N-methyl/N-ethyl adjacent to an activating group) is 1. The fourth-order valence-corrected chi connectivity index (χ4v) is 1.18. The van der Waals surface area contributed by atoms with E-state index in [0.29, 0.717) is 6.04 Å². The molecule has 1 atom stereocenters. The molecule has 0 spiro atoms. The summed E-state index contributed by atoms with van der Waals surface area (Å²) in [5.41, 5.74) is 0. The number of hydrogen-bond donors (Lipinski definition) is 0. The van der Waals surface area contributed by atoms with Crippen molar-refractivity contribution < 1.29 is 4.74 Å². The average Bonchev–Trinajstić information content (AvgIpc) is 1.94. The molecule has 2 nitrogen and oxygen atoms in total. The van der Waals surface area contributed by atoms with Gasteiger partial charge < -0.3 is 4.74 Å². The van der Waals surface area contributed by atoms with Crippen LogP contribution in [0, 0.1) is 0 Å². The molecule has 0 amide bonds. The van der Waals surface area contributed by atoms with Crippen LogP contribution in [0.1, 0.15) is 6.42 Å². The minimum absolute atomic E-state index is 0.561. The summed E-state index contributed by atoms with van der Waals surface area (Å²) in [7, 11) is 2.14. The number of ether oxygens (including phenoxy) is 1. The summed E-state index contributed by atoms with van der Waals surface area (Å²) in [6.07, 6.45) is 2.99. The quantitative estimate of drug-likeness (QED) is 0.530. The fraction of sp³-hybridized carbons (Fsp3) is 0.750. The number of nitrogens with zero attached hydrogens (tertiary/aromatic N) is 1. The highest BCUT2D eigenvalue weighted by Crippen LogP contribution is 2.07. The van der Waals surface area contributed by atoms with Crippen LogP contribution >= 0.6 is 0 Å². The molecule has 1 heterocycles. The molecule has 0 aromatic rings. The molecular weight excluding hydrogens is 126 g/mol. The van der Waals surface area contributed by atoms with E-state index in [1.807, 2.05) is 6.08 Å². The number of hydrogen-bond acceptors (Lipinski definition) is 2. The molecule has 1 aliphatic heterocycles. The van der Waals surface area contributed by atoms with Crippen molar-refractivity contribution in [2.24, 2.45) is 0 Å². The molecular formula is C8H15NO. The zero-order valence-electron chi connectivity index (χ0n) is 6.55. The van der Waals surface area contributed by atoms with Crippen molar-refractivity contribution in [2.45, 2.75) is 12.5 Å². The van der Waals surface area contributed by atoms with Crippen LogP contribution in [0.15, 0.2) is 12.7 Å². The lowest BCUT2D eigenvalue weighted by molar-refractivity contribution is 0.00724. The van der Waals surface area contributed by atoms with Crippen LogP contribution in [0.25, 0.3) is 0 Å². The van der Waals surface area contributed by atoms with E-state index < -0.39 is 0 Å². The van der Waals surface area contributed by atoms with Crippen molar-refractivity contribution in [1.29, 1.82) is 0 Å². The van der Waals surface area contributed by atoms with Gasteiger partial charge in [-0.15, -0.1) is 6.58 Å². The SMILES string of the molecule is C=CCC1COCCN1C. The van der Waals surface area contributed by atoms with Crippen molar-refractivity contribution in [3.05, 3.63) is 12.7 Å². The van der Waals surface area contributed by atoms with Gasteiger partial charge in [0.05, 0.1) is 13.2 Å². The first-order valence-electron chi connectivity index (χ1n) is 3.73. The van der Waals surface area contributed by atoms with Crippen LogP contribution in [0.3, 0.4) is 0 Å². The van der Waals surface area contributed by atoms with E-state index in [1.165, 1.54) is 0 Å². The van der Waals surface area contributed by atoms with Gasteiger partial charge in [-0.2, -0.15) is 0 Å². The second kappa shape index (κ2) is 3.74. The lowest BCUT2D eigenvalue weighted by Gasteiger charge is -2.31. The van der Waals surface area contributed by atoms with Gasteiger partial charge in [0.15, 0.2) is 0 Å². The Hall–Kier alpha value is -0.340. The maximum Gasteiger partial charge on any atom is 0.0625 e. The molecule has 1 rings (SSSR count). The van der Waals surface area contributed by atoms with Gasteiger partial charge in [-0.25, -0.2) is 0 Å². The van der Waals surface area contributed by atoms with Gasteiger partial charge in [0.2, 0.25) is 0 Å². The van der Waals surface area contributed by atoms with Crippen LogP contribution in [-0.4, -0.2) is 37.7 Å². The topological polar surface area (TPSA) is 12.5 Å². The lowest BCUT2D eigenvalue weighted by Crippen LogP contribution is -2.42. The van der Waals surface area contributed by atoms with E-state index in [4.69, 9.17) is 4.74 Å². The zero-order valence-corrected chi connectivity index (χ0v) is 6.55. The van der Waals surface area contributed by atoms with Gasteiger partial charge in [-0.1, -0.05) is 6.08 Å². The molecule has 58 valence electrons. The zero-order chi connectivity index (χ0) is 7.40. The average molecular weight is 141 g/mol. The Morgan fingerprint density at radius 1 is 1.80 bits per heavy atom. The Balaban J connectivity index is 2.32. The van der Waals surface area contributed by atoms with E-state index in [1.54, 1.807) is 0 Å². The molecule has 0 radical (unpaired) electrons. The van der Waals surface area contributed by atoms with Gasteiger partial charge >= 0.3 is 0 Å². The van der Waals surface area contributed by atoms with Crippen LogP contribution < -0.4 is 0 Å². The third-order valence-electron chi connectivity index (χ3n) is 1.96. The molecule has 1 unspecified atom stereocenters. The Bertz CT molecular complexity index is 114. The minimum Gasteiger partial charge on any atom is -0.378 e. The molecule has 10 heavy (non-hydrogen) atoms. The molecule has 0 bridgehead atoms. The maximum absolute atomic E-state index is 5.32. The van der Waals surface area contributed by atoms with Crippen molar-refractivity contribution in [3.63, 3.8) is 0 Å². The third kappa shape index (κ3) is 1.82. The standard InChI is InChI=1S/C8H15NO/c1-3-4-8-7-10-6-5-9(8)2/h3,8H,1,4-7H2,2H3. The Kier molecular flexibility index (Phi) is 2.90. The van der Waals surface area contributed by atoms with E-state index in [0.717, 1.165) is 26.2 Å². The van der Waals surface area contributed by atoms with E-state index in [9.17, 15) is 0 Å². The highest BCUT2D eigenvalue weighted by Gasteiger charge is 2.16. The minimum atomic E-state index is 0.561. The third-order valence-corrected chi connectivity index (χ3v) is 1.96.